The lowest BCUT2D eigenvalue weighted by atomic mass is 10.1. The summed E-state index contributed by atoms with van der Waals surface area (Å²) in [6, 6.07) is 15.3. The maximum absolute atomic E-state index is 13.0. The number of nitrogens with one attached hydrogen (secondary N) is 1. The van der Waals surface area contributed by atoms with Gasteiger partial charge in [0.2, 0.25) is 5.91 Å². The number of rotatable bonds is 3. The van der Waals surface area contributed by atoms with Crippen molar-refractivity contribution < 1.29 is 4.79 Å². The molecule has 1 aliphatic rings. The summed E-state index contributed by atoms with van der Waals surface area (Å²) in [7, 11) is 1.89. The molecule has 1 N–H and O–H groups in total. The number of aromatic nitrogens is 1. The quantitative estimate of drug-likeness (QED) is 0.705. The Balaban J connectivity index is 0.00000210. The number of amides is 1. The first-order chi connectivity index (χ1) is 12.7. The zero-order chi connectivity index (χ0) is 18.1. The van der Waals surface area contributed by atoms with E-state index in [1.165, 1.54) is 0 Å². The Morgan fingerprint density at radius 1 is 1.04 bits per heavy atom. The Morgan fingerprint density at radius 3 is 2.11 bits per heavy atom. The number of piperidine rings is 1. The van der Waals surface area contributed by atoms with Crippen LogP contribution in [0, 0.1) is 0 Å². The molecule has 0 spiro atoms. The third-order valence-corrected chi connectivity index (χ3v) is 5.42. The largest absolute Gasteiger partial charge is 0.341 e. The molecule has 3 aromatic rings. The second-order valence-corrected chi connectivity index (χ2v) is 6.94. The number of carbonyl (C=O) groups is 1. The van der Waals surface area contributed by atoms with E-state index in [-0.39, 0.29) is 36.3 Å². The summed E-state index contributed by atoms with van der Waals surface area (Å²) in [5.74, 6) is 0.0795. The molecule has 1 fully saturated rings. The molecule has 5 nitrogen and oxygen atoms in total. The molecule has 1 amide bonds. The zero-order valence-corrected chi connectivity index (χ0v) is 16.2. The molecule has 1 aliphatic heterocycles. The maximum Gasteiger partial charge on any atom is 0.242 e. The van der Waals surface area contributed by atoms with Crippen molar-refractivity contribution in [2.24, 2.45) is 0 Å². The Kier molecular flexibility index (Phi) is 5.82. The van der Waals surface area contributed by atoms with Crippen LogP contribution in [0.15, 0.2) is 53.3 Å². The number of likely N-dealkylation sites (N-methyl/N-ethyl adjacent to an activating group) is 1. The van der Waals surface area contributed by atoms with Crippen LogP contribution < -0.4 is 10.7 Å². The molecule has 2 aromatic carbocycles. The highest BCUT2D eigenvalue weighted by Crippen LogP contribution is 2.20. The first-order valence-electron chi connectivity index (χ1n) is 9.13. The number of para-hydroxylation sites is 2. The van der Waals surface area contributed by atoms with Gasteiger partial charge >= 0.3 is 0 Å². The molecule has 0 bridgehead atoms. The predicted molar refractivity (Wildman–Crippen MR) is 112 cm³/mol. The minimum absolute atomic E-state index is 0. The van der Waals surface area contributed by atoms with E-state index in [2.05, 4.69) is 5.32 Å². The van der Waals surface area contributed by atoms with E-state index in [1.54, 1.807) is 0 Å². The number of halogens is 1. The molecule has 2 heterocycles. The van der Waals surface area contributed by atoms with Crippen molar-refractivity contribution >= 4 is 40.1 Å². The number of nitrogens with zero attached hydrogens (tertiary/aromatic N) is 2. The molecule has 27 heavy (non-hydrogen) atoms. The lowest BCUT2D eigenvalue weighted by Gasteiger charge is -2.32. The third-order valence-electron chi connectivity index (χ3n) is 5.42. The van der Waals surface area contributed by atoms with Gasteiger partial charge in [0, 0.05) is 23.9 Å². The van der Waals surface area contributed by atoms with E-state index < -0.39 is 0 Å². The summed E-state index contributed by atoms with van der Waals surface area (Å²) in [6.45, 7) is 2.14. The normalized spacial score (nSPS) is 14.9. The molecule has 0 atom stereocenters. The number of pyridine rings is 1. The molecule has 0 radical (unpaired) electrons. The standard InChI is InChI=1S/C21H23N3O2.ClH/c1-23(15-10-12-22-13-11-15)20(25)14-24-18-8-4-2-6-16(18)21(26)17-7-3-5-9-19(17)24;/h2-9,15,22H,10-14H2,1H3;1H. The lowest BCUT2D eigenvalue weighted by Crippen LogP contribution is -2.45. The first-order valence-corrected chi connectivity index (χ1v) is 9.13. The Labute approximate surface area is 164 Å². The van der Waals surface area contributed by atoms with E-state index in [0.29, 0.717) is 10.8 Å². The van der Waals surface area contributed by atoms with Crippen molar-refractivity contribution in [3.8, 4) is 0 Å². The van der Waals surface area contributed by atoms with Gasteiger partial charge in [-0.2, -0.15) is 0 Å². The average molecular weight is 386 g/mol. The molecule has 4 rings (SSSR count). The molecule has 1 aromatic heterocycles. The second kappa shape index (κ2) is 8.11. The fraction of sp³-hybridized carbons (Fsp3) is 0.333. The topological polar surface area (TPSA) is 54.3 Å². The van der Waals surface area contributed by atoms with Crippen LogP contribution in [0.4, 0.5) is 0 Å². The van der Waals surface area contributed by atoms with Gasteiger partial charge in [-0.3, -0.25) is 9.59 Å². The summed E-state index contributed by atoms with van der Waals surface area (Å²) < 4.78 is 1.98. The summed E-state index contributed by atoms with van der Waals surface area (Å²) in [5, 5.41) is 4.65. The minimum Gasteiger partial charge on any atom is -0.341 e. The smallest absolute Gasteiger partial charge is 0.242 e. The summed E-state index contributed by atoms with van der Waals surface area (Å²) in [4.78, 5) is 27.7. The van der Waals surface area contributed by atoms with Gasteiger partial charge < -0.3 is 14.8 Å². The molecule has 142 valence electrons. The molecule has 0 saturated carbocycles. The van der Waals surface area contributed by atoms with Crippen molar-refractivity contribution in [2.75, 3.05) is 20.1 Å². The number of hydrogen-bond donors (Lipinski definition) is 1. The van der Waals surface area contributed by atoms with Gasteiger partial charge in [-0.25, -0.2) is 0 Å². The van der Waals surface area contributed by atoms with Gasteiger partial charge in [-0.1, -0.05) is 24.3 Å². The monoisotopic (exact) mass is 385 g/mol. The number of benzene rings is 2. The third kappa shape index (κ3) is 3.57. The van der Waals surface area contributed by atoms with E-state index in [9.17, 15) is 9.59 Å². The van der Waals surface area contributed by atoms with Gasteiger partial charge in [0.05, 0.1) is 11.0 Å². The summed E-state index contributed by atoms with van der Waals surface area (Å²) >= 11 is 0. The fourth-order valence-corrected chi connectivity index (χ4v) is 3.89. The van der Waals surface area contributed by atoms with Crippen LogP contribution in [-0.4, -0.2) is 41.6 Å². The summed E-state index contributed by atoms with van der Waals surface area (Å²) in [5.41, 5.74) is 1.64. The van der Waals surface area contributed by atoms with E-state index in [0.717, 1.165) is 37.0 Å². The van der Waals surface area contributed by atoms with E-state index in [4.69, 9.17) is 0 Å². The molecular weight excluding hydrogens is 362 g/mol. The highest BCUT2D eigenvalue weighted by Gasteiger charge is 2.23. The second-order valence-electron chi connectivity index (χ2n) is 6.94. The molecule has 6 heteroatoms. The van der Waals surface area contributed by atoms with Gasteiger partial charge in [0.15, 0.2) is 5.43 Å². The first kappa shape index (κ1) is 19.4. The predicted octanol–water partition coefficient (Wildman–Crippen LogP) is 2.79. The Morgan fingerprint density at radius 2 is 1.56 bits per heavy atom. The van der Waals surface area contributed by atoms with Crippen molar-refractivity contribution in [3.63, 3.8) is 0 Å². The van der Waals surface area contributed by atoms with Gasteiger partial charge in [0.1, 0.15) is 6.54 Å². The van der Waals surface area contributed by atoms with E-state index >= 15 is 0 Å². The number of carbonyl (C=O) groups excluding carboxylic acids is 1. The zero-order valence-electron chi connectivity index (χ0n) is 15.4. The SMILES string of the molecule is CN(C(=O)Cn1c2ccccc2c(=O)c2ccccc21)C1CCNCC1.Cl. The molecule has 0 unspecified atom stereocenters. The number of fused-ring (bicyclic) bond motifs is 2. The van der Waals surface area contributed by atoms with Crippen LogP contribution in [0.3, 0.4) is 0 Å². The average Bonchev–Trinajstić information content (AvgIpc) is 2.71. The van der Waals surface area contributed by atoms with Crippen LogP contribution in [0.1, 0.15) is 12.8 Å². The van der Waals surface area contributed by atoms with Crippen molar-refractivity contribution in [1.29, 1.82) is 0 Å². The molecule has 0 aliphatic carbocycles. The van der Waals surface area contributed by atoms with Crippen LogP contribution >= 0.6 is 12.4 Å². The minimum atomic E-state index is 0. The maximum atomic E-state index is 13.0. The number of hydrogen-bond acceptors (Lipinski definition) is 3. The molecule has 1 saturated heterocycles. The highest BCUT2D eigenvalue weighted by molar-refractivity contribution is 5.94. The van der Waals surface area contributed by atoms with E-state index in [1.807, 2.05) is 65.0 Å². The van der Waals surface area contributed by atoms with Crippen molar-refractivity contribution in [3.05, 3.63) is 58.8 Å². The Hall–Kier alpha value is -2.37. The van der Waals surface area contributed by atoms with Gasteiger partial charge in [0.25, 0.3) is 0 Å². The molecular formula is C21H24ClN3O2. The fourth-order valence-electron chi connectivity index (χ4n) is 3.89. The van der Waals surface area contributed by atoms with Crippen LogP contribution in [0.25, 0.3) is 21.8 Å². The lowest BCUT2D eigenvalue weighted by molar-refractivity contribution is -0.132. The van der Waals surface area contributed by atoms with Crippen LogP contribution in [0.2, 0.25) is 0 Å². The van der Waals surface area contributed by atoms with Gasteiger partial charge in [-0.15, -0.1) is 12.4 Å². The van der Waals surface area contributed by atoms with Crippen LogP contribution in [0.5, 0.6) is 0 Å². The van der Waals surface area contributed by atoms with Crippen LogP contribution in [-0.2, 0) is 11.3 Å². The van der Waals surface area contributed by atoms with Gasteiger partial charge in [-0.05, 0) is 50.2 Å². The highest BCUT2D eigenvalue weighted by atomic mass is 35.5. The Bertz CT molecular complexity index is 965. The summed E-state index contributed by atoms with van der Waals surface area (Å²) in [6.07, 6.45) is 1.96. The van der Waals surface area contributed by atoms with Crippen molar-refractivity contribution in [1.82, 2.24) is 14.8 Å². The van der Waals surface area contributed by atoms with Crippen molar-refractivity contribution in [2.45, 2.75) is 25.4 Å².